The number of amides is 1. The van der Waals surface area contributed by atoms with Crippen molar-refractivity contribution in [2.45, 2.75) is 13.0 Å². The number of nitrogens with zero attached hydrogens (tertiary/aromatic N) is 5. The number of nitrogens with one attached hydrogen (secondary N) is 1. The van der Waals surface area contributed by atoms with Crippen molar-refractivity contribution < 1.29 is 14.1 Å². The number of hydrogen-bond acceptors (Lipinski definition) is 8. The predicted octanol–water partition coefficient (Wildman–Crippen LogP) is 2.96. The number of methoxy groups -OCH3 is 1. The molecule has 1 aromatic carbocycles. The van der Waals surface area contributed by atoms with Crippen LogP contribution in [0.4, 0.5) is 11.6 Å². The van der Waals surface area contributed by atoms with Gasteiger partial charge in [0, 0.05) is 26.0 Å². The van der Waals surface area contributed by atoms with Crippen LogP contribution in [0.15, 0.2) is 70.4 Å². The van der Waals surface area contributed by atoms with Crippen LogP contribution in [-0.4, -0.2) is 39.8 Å². The SMILES string of the molecule is COc1c(C(=O)Nc2cnoc2)nc(N(C)C(c2ccccc2)c2ccc(C)nc2)n(C)c1=O. The van der Waals surface area contributed by atoms with E-state index in [1.54, 1.807) is 13.2 Å². The zero-order valence-corrected chi connectivity index (χ0v) is 19.2. The van der Waals surface area contributed by atoms with E-state index in [0.29, 0.717) is 5.69 Å². The van der Waals surface area contributed by atoms with Gasteiger partial charge in [-0.1, -0.05) is 41.6 Å². The van der Waals surface area contributed by atoms with Crippen molar-refractivity contribution >= 4 is 17.5 Å². The lowest BCUT2D eigenvalue weighted by Crippen LogP contribution is -2.35. The minimum Gasteiger partial charge on any atom is -0.489 e. The van der Waals surface area contributed by atoms with Crippen LogP contribution in [0.25, 0.3) is 0 Å². The molecule has 3 aromatic heterocycles. The average Bonchev–Trinajstić information content (AvgIpc) is 3.35. The normalized spacial score (nSPS) is 11.6. The van der Waals surface area contributed by atoms with Crippen molar-refractivity contribution in [2.75, 3.05) is 24.4 Å². The second-order valence-corrected chi connectivity index (χ2v) is 7.68. The quantitative estimate of drug-likeness (QED) is 0.448. The van der Waals surface area contributed by atoms with Gasteiger partial charge in [0.25, 0.3) is 11.5 Å². The summed E-state index contributed by atoms with van der Waals surface area (Å²) in [4.78, 5) is 36.9. The van der Waals surface area contributed by atoms with Gasteiger partial charge in [0.05, 0.1) is 19.3 Å². The van der Waals surface area contributed by atoms with Gasteiger partial charge in [0.1, 0.15) is 12.0 Å². The molecule has 1 amide bonds. The first kappa shape index (κ1) is 22.7. The fourth-order valence-corrected chi connectivity index (χ4v) is 3.71. The molecule has 174 valence electrons. The molecule has 0 fully saturated rings. The third-order valence-electron chi connectivity index (χ3n) is 5.40. The molecule has 4 rings (SSSR count). The number of ether oxygens (including phenoxy) is 1. The summed E-state index contributed by atoms with van der Waals surface area (Å²) in [7, 11) is 4.72. The second-order valence-electron chi connectivity index (χ2n) is 7.68. The van der Waals surface area contributed by atoms with E-state index >= 15 is 0 Å². The summed E-state index contributed by atoms with van der Waals surface area (Å²) in [5.41, 5.74) is 2.44. The Labute approximate surface area is 195 Å². The Bertz CT molecular complexity index is 1330. The third-order valence-corrected chi connectivity index (χ3v) is 5.40. The summed E-state index contributed by atoms with van der Waals surface area (Å²) in [6.07, 6.45) is 4.41. The molecule has 0 saturated heterocycles. The number of rotatable bonds is 7. The molecule has 4 aromatic rings. The van der Waals surface area contributed by atoms with Crippen molar-refractivity contribution in [2.24, 2.45) is 7.05 Å². The number of benzene rings is 1. The smallest absolute Gasteiger partial charge is 0.297 e. The van der Waals surface area contributed by atoms with Gasteiger partial charge < -0.3 is 19.5 Å². The lowest BCUT2D eigenvalue weighted by molar-refractivity contribution is 0.101. The topological polar surface area (TPSA) is 115 Å². The lowest BCUT2D eigenvalue weighted by Gasteiger charge is -2.31. The van der Waals surface area contributed by atoms with Crippen molar-refractivity contribution in [3.63, 3.8) is 0 Å². The fraction of sp³-hybridized carbons (Fsp3) is 0.208. The largest absolute Gasteiger partial charge is 0.489 e. The van der Waals surface area contributed by atoms with Gasteiger partial charge in [-0.2, -0.15) is 0 Å². The van der Waals surface area contributed by atoms with Gasteiger partial charge in [0.2, 0.25) is 11.7 Å². The van der Waals surface area contributed by atoms with E-state index < -0.39 is 11.5 Å². The summed E-state index contributed by atoms with van der Waals surface area (Å²) >= 11 is 0. The Morgan fingerprint density at radius 3 is 2.53 bits per heavy atom. The second kappa shape index (κ2) is 9.57. The van der Waals surface area contributed by atoms with E-state index in [1.807, 2.05) is 61.3 Å². The highest BCUT2D eigenvalue weighted by atomic mass is 16.5. The van der Waals surface area contributed by atoms with Crippen molar-refractivity contribution in [1.29, 1.82) is 0 Å². The van der Waals surface area contributed by atoms with Crippen molar-refractivity contribution in [1.82, 2.24) is 19.7 Å². The minimum atomic E-state index is -0.624. The van der Waals surface area contributed by atoms with Gasteiger partial charge >= 0.3 is 0 Å². The first-order valence-electron chi connectivity index (χ1n) is 10.5. The number of anilines is 2. The van der Waals surface area contributed by atoms with Gasteiger partial charge in [0.15, 0.2) is 5.69 Å². The summed E-state index contributed by atoms with van der Waals surface area (Å²) in [5, 5.41) is 6.17. The third kappa shape index (κ3) is 4.38. The molecule has 1 unspecified atom stereocenters. The van der Waals surface area contributed by atoms with Crippen LogP contribution in [0, 0.1) is 6.92 Å². The zero-order chi connectivity index (χ0) is 24.2. The Balaban J connectivity index is 1.83. The summed E-state index contributed by atoms with van der Waals surface area (Å²) in [6, 6.07) is 13.4. The van der Waals surface area contributed by atoms with E-state index in [-0.39, 0.29) is 23.4 Å². The maximum Gasteiger partial charge on any atom is 0.297 e. The summed E-state index contributed by atoms with van der Waals surface area (Å²) < 4.78 is 11.4. The molecule has 34 heavy (non-hydrogen) atoms. The molecule has 10 heteroatoms. The van der Waals surface area contributed by atoms with Crippen LogP contribution in [0.2, 0.25) is 0 Å². The Kier molecular flexibility index (Phi) is 6.39. The van der Waals surface area contributed by atoms with Crippen LogP contribution in [0.5, 0.6) is 5.75 Å². The molecular weight excluding hydrogens is 436 g/mol. The lowest BCUT2D eigenvalue weighted by atomic mass is 9.99. The number of aryl methyl sites for hydroxylation is 1. The number of pyridine rings is 1. The Morgan fingerprint density at radius 1 is 1.15 bits per heavy atom. The van der Waals surface area contributed by atoms with Crippen LogP contribution in [-0.2, 0) is 7.05 Å². The Hall–Kier alpha value is -4.47. The molecule has 0 aliphatic heterocycles. The highest BCUT2D eigenvalue weighted by Gasteiger charge is 2.28. The van der Waals surface area contributed by atoms with Gasteiger partial charge in [-0.15, -0.1) is 0 Å². The van der Waals surface area contributed by atoms with E-state index in [2.05, 4.69) is 20.4 Å². The Morgan fingerprint density at radius 2 is 1.91 bits per heavy atom. The predicted molar refractivity (Wildman–Crippen MR) is 126 cm³/mol. The molecule has 3 heterocycles. The maximum atomic E-state index is 13.1. The number of carbonyl (C=O) groups excluding carboxylic acids is 1. The highest BCUT2D eigenvalue weighted by molar-refractivity contribution is 6.04. The number of aromatic nitrogens is 4. The van der Waals surface area contributed by atoms with Crippen LogP contribution in [0.3, 0.4) is 0 Å². The van der Waals surface area contributed by atoms with E-state index in [1.165, 1.54) is 24.1 Å². The van der Waals surface area contributed by atoms with Gasteiger partial charge in [-0.05, 0) is 24.1 Å². The average molecular weight is 460 g/mol. The monoisotopic (exact) mass is 460 g/mol. The molecule has 0 aliphatic carbocycles. The standard InChI is InChI=1S/C24H24N6O4/c1-15-10-11-17(12-25-15)20(16-8-6-5-7-9-16)29(2)24-28-19(21(33-4)23(32)30(24)3)22(31)27-18-13-26-34-14-18/h5-14,20H,1-4H3,(H,27,31). The van der Waals surface area contributed by atoms with Crippen molar-refractivity contribution in [3.05, 3.63) is 94.0 Å². The molecular formula is C24H24N6O4. The van der Waals surface area contributed by atoms with Crippen molar-refractivity contribution in [3.8, 4) is 5.75 Å². The molecule has 0 spiro atoms. The van der Waals surface area contributed by atoms with E-state index in [0.717, 1.165) is 16.8 Å². The number of hydrogen-bond donors (Lipinski definition) is 1. The molecule has 0 aliphatic rings. The molecule has 1 N–H and O–H groups in total. The molecule has 0 radical (unpaired) electrons. The van der Waals surface area contributed by atoms with Crippen LogP contribution in [0.1, 0.15) is 33.4 Å². The first-order valence-corrected chi connectivity index (χ1v) is 10.5. The van der Waals surface area contributed by atoms with E-state index in [9.17, 15) is 9.59 Å². The van der Waals surface area contributed by atoms with E-state index in [4.69, 9.17) is 9.26 Å². The van der Waals surface area contributed by atoms with Crippen LogP contribution < -0.4 is 20.5 Å². The maximum absolute atomic E-state index is 13.1. The summed E-state index contributed by atoms with van der Waals surface area (Å²) in [6.45, 7) is 1.92. The zero-order valence-electron chi connectivity index (χ0n) is 19.2. The highest BCUT2D eigenvalue weighted by Crippen LogP contribution is 2.31. The van der Waals surface area contributed by atoms with Gasteiger partial charge in [-0.3, -0.25) is 19.1 Å². The molecule has 0 bridgehead atoms. The first-order chi connectivity index (χ1) is 16.4. The van der Waals surface area contributed by atoms with Crippen LogP contribution >= 0.6 is 0 Å². The van der Waals surface area contributed by atoms with Gasteiger partial charge in [-0.25, -0.2) is 4.98 Å². The molecule has 0 saturated carbocycles. The summed E-state index contributed by atoms with van der Waals surface area (Å²) in [5.74, 6) is -0.516. The number of carbonyl (C=O) groups is 1. The fourth-order valence-electron chi connectivity index (χ4n) is 3.71. The molecule has 1 atom stereocenters. The molecule has 10 nitrogen and oxygen atoms in total. The minimum absolute atomic E-state index is 0.150.